The van der Waals surface area contributed by atoms with Gasteiger partial charge in [-0.3, -0.25) is 4.79 Å². The monoisotopic (exact) mass is 353 g/mol. The third kappa shape index (κ3) is 3.99. The summed E-state index contributed by atoms with van der Waals surface area (Å²) in [6, 6.07) is 12.6. The molecule has 0 aliphatic heterocycles. The lowest BCUT2D eigenvalue weighted by atomic mass is 10.1. The van der Waals surface area contributed by atoms with Crippen LogP contribution in [0.25, 0.3) is 0 Å². The van der Waals surface area contributed by atoms with Crippen LogP contribution in [0.4, 0.5) is 5.69 Å². The lowest BCUT2D eigenvalue weighted by molar-refractivity contribution is -0.115. The molecule has 20 heavy (non-hydrogen) atoms. The molecule has 0 bridgehead atoms. The maximum atomic E-state index is 11.9. The standard InChI is InChI=1S/C15H13BrClNO2/c1-20-14-7-6-12(9-13(14)16)18-15(19)8-10-2-4-11(17)5-3-10/h2-7,9H,8H2,1H3,(H,18,19). The molecule has 0 aromatic heterocycles. The van der Waals surface area contributed by atoms with Crippen molar-refractivity contribution in [3.05, 3.63) is 57.5 Å². The summed E-state index contributed by atoms with van der Waals surface area (Å²) in [6.07, 6.45) is 0.306. The van der Waals surface area contributed by atoms with Gasteiger partial charge in [-0.25, -0.2) is 0 Å². The van der Waals surface area contributed by atoms with Crippen molar-refractivity contribution in [3.63, 3.8) is 0 Å². The highest BCUT2D eigenvalue weighted by Crippen LogP contribution is 2.27. The predicted molar refractivity (Wildman–Crippen MR) is 84.5 cm³/mol. The van der Waals surface area contributed by atoms with Crippen LogP contribution in [-0.2, 0) is 11.2 Å². The number of methoxy groups -OCH3 is 1. The number of carbonyl (C=O) groups is 1. The number of hydrogen-bond acceptors (Lipinski definition) is 2. The highest BCUT2D eigenvalue weighted by Gasteiger charge is 2.06. The molecule has 1 N–H and O–H groups in total. The average molecular weight is 355 g/mol. The predicted octanol–water partition coefficient (Wildman–Crippen LogP) is 4.29. The van der Waals surface area contributed by atoms with E-state index in [1.165, 1.54) is 0 Å². The van der Waals surface area contributed by atoms with Crippen LogP contribution in [0.15, 0.2) is 46.9 Å². The van der Waals surface area contributed by atoms with Gasteiger partial charge >= 0.3 is 0 Å². The molecule has 0 aliphatic rings. The lowest BCUT2D eigenvalue weighted by Gasteiger charge is -2.08. The van der Waals surface area contributed by atoms with Gasteiger partial charge in [0.15, 0.2) is 0 Å². The number of nitrogens with one attached hydrogen (secondary N) is 1. The smallest absolute Gasteiger partial charge is 0.228 e. The average Bonchev–Trinajstić information content (AvgIpc) is 2.41. The maximum absolute atomic E-state index is 11.9. The van der Waals surface area contributed by atoms with E-state index in [4.69, 9.17) is 16.3 Å². The molecule has 104 valence electrons. The molecule has 1 amide bonds. The molecular weight excluding hydrogens is 342 g/mol. The van der Waals surface area contributed by atoms with E-state index in [1.807, 2.05) is 12.1 Å². The van der Waals surface area contributed by atoms with E-state index >= 15 is 0 Å². The second kappa shape index (κ2) is 6.77. The summed E-state index contributed by atoms with van der Waals surface area (Å²) in [6.45, 7) is 0. The van der Waals surface area contributed by atoms with Crippen LogP contribution < -0.4 is 10.1 Å². The summed E-state index contributed by atoms with van der Waals surface area (Å²) >= 11 is 9.19. The molecular formula is C15H13BrClNO2. The van der Waals surface area contributed by atoms with Crippen LogP contribution in [0.5, 0.6) is 5.75 Å². The number of ether oxygens (including phenoxy) is 1. The number of benzene rings is 2. The van der Waals surface area contributed by atoms with Gasteiger partial charge in [0.05, 0.1) is 18.0 Å². The Morgan fingerprint density at radius 3 is 2.55 bits per heavy atom. The summed E-state index contributed by atoms with van der Waals surface area (Å²) in [4.78, 5) is 11.9. The van der Waals surface area contributed by atoms with Gasteiger partial charge < -0.3 is 10.1 Å². The van der Waals surface area contributed by atoms with Crippen molar-refractivity contribution in [3.8, 4) is 5.75 Å². The van der Waals surface area contributed by atoms with E-state index in [2.05, 4.69) is 21.2 Å². The number of carbonyl (C=O) groups excluding carboxylic acids is 1. The SMILES string of the molecule is COc1ccc(NC(=O)Cc2ccc(Cl)cc2)cc1Br. The fourth-order valence-electron chi connectivity index (χ4n) is 1.74. The first-order valence-corrected chi connectivity index (χ1v) is 7.13. The highest BCUT2D eigenvalue weighted by molar-refractivity contribution is 9.10. The summed E-state index contributed by atoms with van der Waals surface area (Å²) in [5, 5.41) is 3.50. The fraction of sp³-hybridized carbons (Fsp3) is 0.133. The Balaban J connectivity index is 2.01. The van der Waals surface area contributed by atoms with Gasteiger partial charge in [-0.2, -0.15) is 0 Å². The second-order valence-corrected chi connectivity index (χ2v) is 5.49. The molecule has 0 heterocycles. The van der Waals surface area contributed by atoms with Crippen molar-refractivity contribution in [2.75, 3.05) is 12.4 Å². The summed E-state index contributed by atoms with van der Waals surface area (Å²) in [5.41, 5.74) is 1.64. The van der Waals surface area contributed by atoms with Crippen LogP contribution >= 0.6 is 27.5 Å². The molecule has 3 nitrogen and oxygen atoms in total. The summed E-state index contributed by atoms with van der Waals surface area (Å²) in [7, 11) is 1.60. The van der Waals surface area contributed by atoms with Crippen LogP contribution in [0.2, 0.25) is 5.02 Å². The zero-order valence-corrected chi connectivity index (χ0v) is 13.2. The Labute approximate surface area is 131 Å². The fourth-order valence-corrected chi connectivity index (χ4v) is 2.40. The zero-order chi connectivity index (χ0) is 14.5. The molecule has 0 radical (unpaired) electrons. The first-order valence-electron chi connectivity index (χ1n) is 5.96. The zero-order valence-electron chi connectivity index (χ0n) is 10.8. The molecule has 2 aromatic rings. The molecule has 0 aliphatic carbocycles. The molecule has 0 unspecified atom stereocenters. The van der Waals surface area contributed by atoms with Gasteiger partial charge in [0.25, 0.3) is 0 Å². The van der Waals surface area contributed by atoms with E-state index in [0.29, 0.717) is 11.4 Å². The number of anilines is 1. The Morgan fingerprint density at radius 2 is 1.95 bits per heavy atom. The molecule has 5 heteroatoms. The molecule has 0 saturated carbocycles. The van der Waals surface area contributed by atoms with E-state index < -0.39 is 0 Å². The van der Waals surface area contributed by atoms with Crippen molar-refractivity contribution in [2.24, 2.45) is 0 Å². The quantitative estimate of drug-likeness (QED) is 0.889. The van der Waals surface area contributed by atoms with Crippen molar-refractivity contribution < 1.29 is 9.53 Å². The van der Waals surface area contributed by atoms with E-state index in [-0.39, 0.29) is 5.91 Å². The van der Waals surface area contributed by atoms with Crippen molar-refractivity contribution in [1.29, 1.82) is 0 Å². The van der Waals surface area contributed by atoms with Crippen LogP contribution in [-0.4, -0.2) is 13.0 Å². The molecule has 0 fully saturated rings. The minimum absolute atomic E-state index is 0.0793. The van der Waals surface area contributed by atoms with Crippen LogP contribution in [0, 0.1) is 0 Å². The van der Waals surface area contributed by atoms with Crippen molar-refractivity contribution in [1.82, 2.24) is 0 Å². The minimum atomic E-state index is -0.0793. The van der Waals surface area contributed by atoms with Gasteiger partial charge in [0.1, 0.15) is 5.75 Å². The Morgan fingerprint density at radius 1 is 1.25 bits per heavy atom. The summed E-state index contributed by atoms with van der Waals surface area (Å²) < 4.78 is 5.94. The first kappa shape index (κ1) is 14.9. The summed E-state index contributed by atoms with van der Waals surface area (Å²) in [5.74, 6) is 0.644. The topological polar surface area (TPSA) is 38.3 Å². The van der Waals surface area contributed by atoms with Gasteiger partial charge in [-0.05, 0) is 51.8 Å². The molecule has 0 spiro atoms. The number of rotatable bonds is 4. The minimum Gasteiger partial charge on any atom is -0.496 e. The third-order valence-corrected chi connectivity index (χ3v) is 3.59. The van der Waals surface area contributed by atoms with Crippen LogP contribution in [0.1, 0.15) is 5.56 Å². The molecule has 2 rings (SSSR count). The number of amides is 1. The Hall–Kier alpha value is -1.52. The van der Waals surface area contributed by atoms with Crippen molar-refractivity contribution >= 4 is 39.1 Å². The van der Waals surface area contributed by atoms with Gasteiger partial charge in [0.2, 0.25) is 5.91 Å². The number of hydrogen-bond donors (Lipinski definition) is 1. The maximum Gasteiger partial charge on any atom is 0.228 e. The van der Waals surface area contributed by atoms with E-state index in [0.717, 1.165) is 21.5 Å². The molecule has 0 saturated heterocycles. The molecule has 2 aromatic carbocycles. The number of halogens is 2. The Kier molecular flexibility index (Phi) is 5.04. The largest absolute Gasteiger partial charge is 0.496 e. The van der Waals surface area contributed by atoms with Gasteiger partial charge in [0, 0.05) is 10.7 Å². The Bertz CT molecular complexity index is 614. The second-order valence-electron chi connectivity index (χ2n) is 4.20. The van der Waals surface area contributed by atoms with Gasteiger partial charge in [-0.15, -0.1) is 0 Å². The normalized spacial score (nSPS) is 10.2. The van der Waals surface area contributed by atoms with E-state index in [1.54, 1.807) is 37.4 Å². The lowest BCUT2D eigenvalue weighted by Crippen LogP contribution is -2.14. The van der Waals surface area contributed by atoms with Crippen molar-refractivity contribution in [2.45, 2.75) is 6.42 Å². The van der Waals surface area contributed by atoms with Gasteiger partial charge in [-0.1, -0.05) is 23.7 Å². The van der Waals surface area contributed by atoms with Crippen LogP contribution in [0.3, 0.4) is 0 Å². The van der Waals surface area contributed by atoms with E-state index in [9.17, 15) is 4.79 Å². The molecule has 0 atom stereocenters. The first-order chi connectivity index (χ1) is 9.58. The third-order valence-electron chi connectivity index (χ3n) is 2.71. The highest BCUT2D eigenvalue weighted by atomic mass is 79.9.